The molecule has 0 radical (unpaired) electrons. The Labute approximate surface area is 126 Å². The van der Waals surface area contributed by atoms with Crippen molar-refractivity contribution in [1.29, 1.82) is 0 Å². The lowest BCUT2D eigenvalue weighted by Crippen LogP contribution is -2.44. The van der Waals surface area contributed by atoms with E-state index in [1.54, 1.807) is 13.2 Å². The van der Waals surface area contributed by atoms with Crippen LogP contribution in [-0.4, -0.2) is 26.9 Å². The molecule has 0 aliphatic heterocycles. The maximum Gasteiger partial charge on any atom is 0.169 e. The van der Waals surface area contributed by atoms with Gasteiger partial charge in [0.05, 0.1) is 18.8 Å². The van der Waals surface area contributed by atoms with Crippen LogP contribution in [-0.2, 0) is 4.74 Å². The minimum atomic E-state index is -0.349. The van der Waals surface area contributed by atoms with Crippen molar-refractivity contribution in [2.45, 2.75) is 50.2 Å². The SMILES string of the molecule is CNC(c1cccc(OC)c1F)C1(OC)CCCCCC1. The summed E-state index contributed by atoms with van der Waals surface area (Å²) in [5.41, 5.74) is 0.277. The third-order valence-electron chi connectivity index (χ3n) is 4.70. The van der Waals surface area contributed by atoms with Gasteiger partial charge in [0.15, 0.2) is 11.6 Å². The molecule has 1 fully saturated rings. The van der Waals surface area contributed by atoms with Gasteiger partial charge in [-0.3, -0.25) is 0 Å². The van der Waals surface area contributed by atoms with E-state index >= 15 is 0 Å². The monoisotopic (exact) mass is 295 g/mol. The van der Waals surface area contributed by atoms with Gasteiger partial charge in [-0.1, -0.05) is 37.8 Å². The van der Waals surface area contributed by atoms with E-state index in [2.05, 4.69) is 5.32 Å². The summed E-state index contributed by atoms with van der Waals surface area (Å²) in [7, 11) is 5.11. The number of hydrogen-bond donors (Lipinski definition) is 1. The Morgan fingerprint density at radius 2 is 1.81 bits per heavy atom. The van der Waals surface area contributed by atoms with Gasteiger partial charge in [0.1, 0.15) is 0 Å². The van der Waals surface area contributed by atoms with Crippen molar-refractivity contribution in [3.05, 3.63) is 29.6 Å². The third-order valence-corrected chi connectivity index (χ3v) is 4.70. The average Bonchev–Trinajstić information content (AvgIpc) is 2.76. The van der Waals surface area contributed by atoms with Crippen molar-refractivity contribution in [2.75, 3.05) is 21.3 Å². The number of likely N-dealkylation sites (N-methyl/N-ethyl adjacent to an activating group) is 1. The largest absolute Gasteiger partial charge is 0.494 e. The molecule has 1 atom stereocenters. The van der Waals surface area contributed by atoms with Crippen LogP contribution in [0.2, 0.25) is 0 Å². The Hall–Kier alpha value is -1.13. The molecule has 0 saturated heterocycles. The number of halogens is 1. The number of methoxy groups -OCH3 is 2. The Morgan fingerprint density at radius 1 is 1.14 bits per heavy atom. The molecule has 1 aromatic carbocycles. The lowest BCUT2D eigenvalue weighted by Gasteiger charge is -2.39. The highest BCUT2D eigenvalue weighted by molar-refractivity contribution is 5.34. The van der Waals surface area contributed by atoms with E-state index in [0.717, 1.165) is 25.7 Å². The number of hydrogen-bond acceptors (Lipinski definition) is 3. The standard InChI is InChI=1S/C17H26FNO2/c1-19-16(13-9-8-10-14(20-2)15(13)18)17(21-3)11-6-4-5-7-12-17/h8-10,16,19H,4-7,11-12H2,1-3H3. The van der Waals surface area contributed by atoms with Crippen LogP contribution in [0.15, 0.2) is 18.2 Å². The quantitative estimate of drug-likeness (QED) is 0.837. The first-order chi connectivity index (χ1) is 10.2. The normalized spacial score (nSPS) is 19.8. The molecule has 1 aliphatic carbocycles. The molecule has 0 aromatic heterocycles. The van der Waals surface area contributed by atoms with Crippen molar-refractivity contribution in [3.63, 3.8) is 0 Å². The Bertz CT molecular complexity index is 456. The molecule has 2 rings (SSSR count). The number of benzene rings is 1. The van der Waals surface area contributed by atoms with Gasteiger partial charge in [-0.25, -0.2) is 4.39 Å². The zero-order chi connectivity index (χ0) is 15.3. The van der Waals surface area contributed by atoms with Crippen LogP contribution in [0.25, 0.3) is 0 Å². The van der Waals surface area contributed by atoms with Crippen molar-refractivity contribution in [2.24, 2.45) is 0 Å². The molecule has 1 N–H and O–H groups in total. The van der Waals surface area contributed by atoms with Gasteiger partial charge < -0.3 is 14.8 Å². The third kappa shape index (κ3) is 3.22. The smallest absolute Gasteiger partial charge is 0.169 e. The van der Waals surface area contributed by atoms with E-state index < -0.39 is 0 Å². The second kappa shape index (κ2) is 7.23. The molecule has 0 amide bonds. The average molecular weight is 295 g/mol. The van der Waals surface area contributed by atoms with Crippen LogP contribution in [0.3, 0.4) is 0 Å². The van der Waals surface area contributed by atoms with E-state index in [1.807, 2.05) is 19.2 Å². The molecule has 0 bridgehead atoms. The molecule has 1 aliphatic rings. The van der Waals surface area contributed by atoms with Crippen LogP contribution in [0, 0.1) is 5.82 Å². The van der Waals surface area contributed by atoms with Crippen LogP contribution in [0.1, 0.15) is 50.1 Å². The summed E-state index contributed by atoms with van der Waals surface area (Å²) < 4.78 is 25.7. The molecule has 3 nitrogen and oxygen atoms in total. The molecule has 1 saturated carbocycles. The summed E-state index contributed by atoms with van der Waals surface area (Å²) >= 11 is 0. The fourth-order valence-corrected chi connectivity index (χ4v) is 3.55. The highest BCUT2D eigenvalue weighted by Gasteiger charge is 2.40. The van der Waals surface area contributed by atoms with E-state index in [4.69, 9.17) is 9.47 Å². The maximum absolute atomic E-state index is 14.7. The van der Waals surface area contributed by atoms with E-state index in [-0.39, 0.29) is 23.2 Å². The Kier molecular flexibility index (Phi) is 5.59. The molecule has 4 heteroatoms. The molecular weight excluding hydrogens is 269 g/mol. The molecule has 1 aromatic rings. The maximum atomic E-state index is 14.7. The molecule has 0 heterocycles. The Balaban J connectivity index is 2.41. The summed E-state index contributed by atoms with van der Waals surface area (Å²) in [6.45, 7) is 0. The van der Waals surface area contributed by atoms with Gasteiger partial charge in [-0.15, -0.1) is 0 Å². The van der Waals surface area contributed by atoms with E-state index in [9.17, 15) is 4.39 Å². The summed E-state index contributed by atoms with van der Waals surface area (Å²) in [5, 5.41) is 3.28. The van der Waals surface area contributed by atoms with Gasteiger partial charge in [-0.05, 0) is 26.0 Å². The van der Waals surface area contributed by atoms with Crippen LogP contribution >= 0.6 is 0 Å². The zero-order valence-corrected chi connectivity index (χ0v) is 13.2. The van der Waals surface area contributed by atoms with Crippen LogP contribution < -0.4 is 10.1 Å². The predicted molar refractivity (Wildman–Crippen MR) is 82.2 cm³/mol. The first-order valence-corrected chi connectivity index (χ1v) is 7.73. The molecule has 1 unspecified atom stereocenters. The minimum absolute atomic E-state index is 0.171. The minimum Gasteiger partial charge on any atom is -0.494 e. The second-order valence-corrected chi connectivity index (χ2v) is 5.77. The fourth-order valence-electron chi connectivity index (χ4n) is 3.55. The summed E-state index contributed by atoms with van der Waals surface area (Å²) in [6, 6.07) is 5.14. The summed E-state index contributed by atoms with van der Waals surface area (Å²) in [5.74, 6) is -0.00681. The first-order valence-electron chi connectivity index (χ1n) is 7.73. The predicted octanol–water partition coefficient (Wildman–Crippen LogP) is 3.83. The van der Waals surface area contributed by atoms with Crippen LogP contribution in [0.5, 0.6) is 5.75 Å². The summed E-state index contributed by atoms with van der Waals surface area (Å²) in [4.78, 5) is 0. The Morgan fingerprint density at radius 3 is 2.33 bits per heavy atom. The summed E-state index contributed by atoms with van der Waals surface area (Å²) in [6.07, 6.45) is 6.59. The zero-order valence-electron chi connectivity index (χ0n) is 13.2. The molecular formula is C17H26FNO2. The van der Waals surface area contributed by atoms with Gasteiger partial charge in [0.25, 0.3) is 0 Å². The highest BCUT2D eigenvalue weighted by Crippen LogP contribution is 2.41. The van der Waals surface area contributed by atoms with Crippen molar-refractivity contribution in [1.82, 2.24) is 5.32 Å². The van der Waals surface area contributed by atoms with E-state index in [0.29, 0.717) is 5.56 Å². The van der Waals surface area contributed by atoms with Crippen LogP contribution in [0.4, 0.5) is 4.39 Å². The van der Waals surface area contributed by atoms with Gasteiger partial charge >= 0.3 is 0 Å². The fraction of sp³-hybridized carbons (Fsp3) is 0.647. The number of rotatable bonds is 5. The molecule has 0 spiro atoms. The lowest BCUT2D eigenvalue weighted by molar-refractivity contribution is -0.0531. The highest BCUT2D eigenvalue weighted by atomic mass is 19.1. The van der Waals surface area contributed by atoms with Crippen molar-refractivity contribution < 1.29 is 13.9 Å². The topological polar surface area (TPSA) is 30.5 Å². The first kappa shape index (κ1) is 16.2. The van der Waals surface area contributed by atoms with Crippen molar-refractivity contribution in [3.8, 4) is 5.75 Å². The van der Waals surface area contributed by atoms with Gasteiger partial charge in [0.2, 0.25) is 0 Å². The molecule has 21 heavy (non-hydrogen) atoms. The van der Waals surface area contributed by atoms with Gasteiger partial charge in [-0.2, -0.15) is 0 Å². The lowest BCUT2D eigenvalue weighted by atomic mass is 9.82. The van der Waals surface area contributed by atoms with Gasteiger partial charge in [0, 0.05) is 12.7 Å². The van der Waals surface area contributed by atoms with E-state index in [1.165, 1.54) is 20.0 Å². The number of nitrogens with one attached hydrogen (secondary N) is 1. The van der Waals surface area contributed by atoms with Crippen molar-refractivity contribution >= 4 is 0 Å². The number of ether oxygens (including phenoxy) is 2. The second-order valence-electron chi connectivity index (χ2n) is 5.77. The molecule has 118 valence electrons.